The normalized spacial score (nSPS) is 22.5. The van der Waals surface area contributed by atoms with Crippen LogP contribution in [0.1, 0.15) is 58.9 Å². The van der Waals surface area contributed by atoms with Crippen molar-refractivity contribution in [3.05, 3.63) is 101 Å². The van der Waals surface area contributed by atoms with E-state index in [0.717, 1.165) is 23.4 Å². The van der Waals surface area contributed by atoms with Crippen molar-refractivity contribution in [1.82, 2.24) is 15.1 Å². The molecule has 2 atom stereocenters. The highest BCUT2D eigenvalue weighted by Gasteiger charge is 2.54. The third-order valence-corrected chi connectivity index (χ3v) is 8.11. The van der Waals surface area contributed by atoms with E-state index in [4.69, 9.17) is 0 Å². The lowest BCUT2D eigenvalue weighted by Gasteiger charge is -2.42. The largest absolute Gasteiger partial charge is 0.389 e. The smallest absolute Gasteiger partial charge is 0.254 e. The summed E-state index contributed by atoms with van der Waals surface area (Å²) in [6.45, 7) is 8.06. The third-order valence-electron chi connectivity index (χ3n) is 8.11. The van der Waals surface area contributed by atoms with Crippen LogP contribution < -0.4 is 5.32 Å². The van der Waals surface area contributed by atoms with Gasteiger partial charge in [0.15, 0.2) is 0 Å². The number of nitrogens with one attached hydrogen (secondary N) is 1. The number of fused-ring (bicyclic) bond motifs is 2. The van der Waals surface area contributed by atoms with Gasteiger partial charge in [-0.25, -0.2) is 9.07 Å². The van der Waals surface area contributed by atoms with Crippen molar-refractivity contribution in [3.63, 3.8) is 0 Å². The number of carbonyl (C=O) groups excluding carboxylic acids is 1. The Labute approximate surface area is 211 Å². The predicted molar refractivity (Wildman–Crippen MR) is 140 cm³/mol. The molecule has 1 saturated carbocycles. The molecular weight excluding hydrogens is 453 g/mol. The maximum atomic E-state index is 14.6. The van der Waals surface area contributed by atoms with Crippen molar-refractivity contribution < 1.29 is 14.3 Å². The lowest BCUT2D eigenvalue weighted by molar-refractivity contribution is -0.0462. The van der Waals surface area contributed by atoms with Crippen LogP contribution in [0.5, 0.6) is 0 Å². The molecule has 1 fully saturated rings. The Morgan fingerprint density at radius 3 is 2.81 bits per heavy atom. The van der Waals surface area contributed by atoms with Gasteiger partial charge in [0.1, 0.15) is 5.82 Å². The van der Waals surface area contributed by atoms with Crippen LogP contribution >= 0.6 is 0 Å². The van der Waals surface area contributed by atoms with E-state index in [1.54, 1.807) is 18.2 Å². The highest BCUT2D eigenvalue weighted by Crippen LogP contribution is 2.56. The van der Waals surface area contributed by atoms with Gasteiger partial charge >= 0.3 is 0 Å². The molecule has 1 amide bonds. The number of nitrogens with zero attached hydrogens (tertiary/aromatic N) is 2. The van der Waals surface area contributed by atoms with Crippen molar-refractivity contribution in [3.8, 4) is 5.69 Å². The molecule has 2 N–H and O–H groups in total. The monoisotopic (exact) mass is 485 g/mol. The Kier molecular flexibility index (Phi) is 6.17. The van der Waals surface area contributed by atoms with Gasteiger partial charge in [0, 0.05) is 12.0 Å². The first kappa shape index (κ1) is 24.2. The topological polar surface area (TPSA) is 67.2 Å². The summed E-state index contributed by atoms with van der Waals surface area (Å²) in [5, 5.41) is 19.3. The molecule has 2 aliphatic rings. The van der Waals surface area contributed by atoms with Gasteiger partial charge < -0.3 is 10.4 Å². The molecule has 186 valence electrons. The van der Waals surface area contributed by atoms with Crippen molar-refractivity contribution >= 4 is 12.0 Å². The van der Waals surface area contributed by atoms with E-state index in [9.17, 15) is 14.3 Å². The van der Waals surface area contributed by atoms with Crippen LogP contribution in [0.2, 0.25) is 0 Å². The van der Waals surface area contributed by atoms with Gasteiger partial charge in [-0.3, -0.25) is 4.79 Å². The van der Waals surface area contributed by atoms with Crippen LogP contribution in [0.4, 0.5) is 4.39 Å². The summed E-state index contributed by atoms with van der Waals surface area (Å²) in [5.41, 5.74) is 4.86. The minimum absolute atomic E-state index is 0.0483. The summed E-state index contributed by atoms with van der Waals surface area (Å²) in [5.74, 6) is -1.01. The number of benzene rings is 2. The number of carbonyl (C=O) groups is 1. The van der Waals surface area contributed by atoms with Gasteiger partial charge in [-0.1, -0.05) is 48.4 Å². The number of aliphatic hydroxyl groups is 1. The molecule has 6 heteroatoms. The molecule has 2 aliphatic carbocycles. The van der Waals surface area contributed by atoms with Gasteiger partial charge in [-0.15, -0.1) is 6.58 Å². The Balaban J connectivity index is 1.40. The van der Waals surface area contributed by atoms with E-state index in [2.05, 4.69) is 61.2 Å². The standard InChI is InChI=1S/C30H32FN3O2/c1-4-16-32-28(35)27-21(6-5-7-25(27)31)12-14-30(36)15-13-23-17-26-22(18-29(23,30)3)19-33-34(26)24-10-8-20(2)9-11-24/h4-11,17,19,36H,1,12-16,18H2,2-3H3,(H,32,35)/t29-,30-/m0/s1. The zero-order valence-electron chi connectivity index (χ0n) is 20.9. The maximum Gasteiger partial charge on any atom is 0.254 e. The number of aryl methyl sites for hydroxylation is 2. The number of rotatable bonds is 7. The summed E-state index contributed by atoms with van der Waals surface area (Å²) in [6.07, 6.45) is 8.61. The Hall–Kier alpha value is -3.51. The van der Waals surface area contributed by atoms with Crippen LogP contribution in [0.25, 0.3) is 11.8 Å². The SMILES string of the molecule is C=CCNC(=O)c1c(F)cccc1CC[C@]1(O)CCC2=Cc3c(cnn3-c3ccc(C)cc3)C[C@@]21C. The summed E-state index contributed by atoms with van der Waals surface area (Å²) in [6, 6.07) is 13.0. The molecule has 0 aliphatic heterocycles. The van der Waals surface area contributed by atoms with Gasteiger partial charge in [0.05, 0.1) is 28.7 Å². The van der Waals surface area contributed by atoms with Crippen LogP contribution in [0.3, 0.4) is 0 Å². The average Bonchev–Trinajstić information content (AvgIpc) is 3.38. The highest BCUT2D eigenvalue weighted by molar-refractivity contribution is 5.96. The first-order valence-corrected chi connectivity index (χ1v) is 12.5. The molecule has 3 aromatic rings. The van der Waals surface area contributed by atoms with E-state index in [-0.39, 0.29) is 12.1 Å². The van der Waals surface area contributed by atoms with Crippen molar-refractivity contribution in [2.24, 2.45) is 5.41 Å². The van der Waals surface area contributed by atoms with Crippen molar-refractivity contribution in [1.29, 1.82) is 0 Å². The van der Waals surface area contributed by atoms with Crippen LogP contribution in [-0.4, -0.2) is 32.9 Å². The van der Waals surface area contributed by atoms with Crippen LogP contribution in [0, 0.1) is 18.2 Å². The van der Waals surface area contributed by atoms with E-state index in [0.29, 0.717) is 31.2 Å². The number of hydrogen-bond acceptors (Lipinski definition) is 3. The highest BCUT2D eigenvalue weighted by atomic mass is 19.1. The molecule has 5 rings (SSSR count). The third kappa shape index (κ3) is 3.99. The number of aromatic nitrogens is 2. The Bertz CT molecular complexity index is 1360. The quantitative estimate of drug-likeness (QED) is 0.444. The molecular formula is C30H32FN3O2. The number of amides is 1. The summed E-state index contributed by atoms with van der Waals surface area (Å²) < 4.78 is 16.6. The van der Waals surface area contributed by atoms with Crippen LogP contribution in [0.15, 0.2) is 66.9 Å². The van der Waals surface area contributed by atoms with E-state index >= 15 is 0 Å². The number of halogens is 1. The maximum absolute atomic E-state index is 14.6. The molecule has 0 spiro atoms. The molecule has 2 aromatic carbocycles. The molecule has 1 aromatic heterocycles. The zero-order valence-corrected chi connectivity index (χ0v) is 20.9. The minimum atomic E-state index is -0.969. The lowest BCUT2D eigenvalue weighted by Crippen LogP contribution is -2.45. The molecule has 1 heterocycles. The van der Waals surface area contributed by atoms with Gasteiger partial charge in [0.25, 0.3) is 5.91 Å². The molecule has 36 heavy (non-hydrogen) atoms. The second-order valence-electron chi connectivity index (χ2n) is 10.3. The molecule has 0 saturated heterocycles. The minimum Gasteiger partial charge on any atom is -0.389 e. The first-order chi connectivity index (χ1) is 17.3. The average molecular weight is 486 g/mol. The van der Waals surface area contributed by atoms with Crippen LogP contribution in [-0.2, 0) is 12.8 Å². The number of hydrogen-bond donors (Lipinski definition) is 2. The molecule has 0 radical (unpaired) electrons. The summed E-state index contributed by atoms with van der Waals surface area (Å²) in [7, 11) is 0. The van der Waals surface area contributed by atoms with Gasteiger partial charge in [0.2, 0.25) is 0 Å². The molecule has 5 nitrogen and oxygen atoms in total. The predicted octanol–water partition coefficient (Wildman–Crippen LogP) is 5.34. The molecule has 0 bridgehead atoms. The Morgan fingerprint density at radius 1 is 1.28 bits per heavy atom. The summed E-state index contributed by atoms with van der Waals surface area (Å²) >= 11 is 0. The van der Waals surface area contributed by atoms with E-state index in [1.807, 2.05) is 10.9 Å². The fourth-order valence-electron chi connectivity index (χ4n) is 5.85. The molecule has 0 unspecified atom stereocenters. The fraction of sp³-hybridized carbons (Fsp3) is 0.333. The first-order valence-electron chi connectivity index (χ1n) is 12.5. The Morgan fingerprint density at radius 2 is 2.06 bits per heavy atom. The second-order valence-corrected chi connectivity index (χ2v) is 10.3. The van der Waals surface area contributed by atoms with E-state index < -0.39 is 22.7 Å². The fourth-order valence-corrected chi connectivity index (χ4v) is 5.85. The zero-order chi connectivity index (χ0) is 25.5. The van der Waals surface area contributed by atoms with Crippen molar-refractivity contribution in [2.75, 3.05) is 6.54 Å². The second kappa shape index (κ2) is 9.17. The van der Waals surface area contributed by atoms with Crippen molar-refractivity contribution in [2.45, 2.75) is 51.6 Å². The lowest BCUT2D eigenvalue weighted by atomic mass is 9.65. The van der Waals surface area contributed by atoms with E-state index in [1.165, 1.54) is 17.2 Å². The summed E-state index contributed by atoms with van der Waals surface area (Å²) in [4.78, 5) is 12.6. The van der Waals surface area contributed by atoms with Gasteiger partial charge in [-0.05, 0) is 74.4 Å². The van der Waals surface area contributed by atoms with Gasteiger partial charge in [-0.2, -0.15) is 5.10 Å².